The van der Waals surface area contributed by atoms with Crippen LogP contribution in [0.3, 0.4) is 0 Å². The zero-order chi connectivity index (χ0) is 10.5. The third-order valence-corrected chi connectivity index (χ3v) is 4.12. The molecule has 0 aliphatic rings. The van der Waals surface area contributed by atoms with Gasteiger partial charge in [-0.1, -0.05) is 67.2 Å². The zero-order valence-electron chi connectivity index (χ0n) is 10.5. The zero-order valence-corrected chi connectivity index (χ0v) is 10.5. The molecule has 0 amide bonds. The molecule has 0 spiro atoms. The Morgan fingerprint density at radius 3 is 1.69 bits per heavy atom. The van der Waals surface area contributed by atoms with Gasteiger partial charge in [-0.05, 0) is 17.3 Å². The van der Waals surface area contributed by atoms with Crippen LogP contribution < -0.4 is 0 Å². The predicted octanol–water partition coefficient (Wildman–Crippen LogP) is 5.03. The van der Waals surface area contributed by atoms with Crippen LogP contribution in [0, 0.1) is 10.8 Å². The molecule has 13 heavy (non-hydrogen) atoms. The predicted molar refractivity (Wildman–Crippen MR) is 62.0 cm³/mol. The van der Waals surface area contributed by atoms with E-state index in [0.717, 1.165) is 0 Å². The van der Waals surface area contributed by atoms with Gasteiger partial charge in [-0.25, -0.2) is 0 Å². The van der Waals surface area contributed by atoms with Crippen molar-refractivity contribution in [2.24, 2.45) is 10.8 Å². The smallest absolute Gasteiger partial charge is 0.0303 e. The lowest BCUT2D eigenvalue weighted by molar-refractivity contribution is 0.0905. The first-order valence-corrected chi connectivity index (χ1v) is 5.87. The van der Waals surface area contributed by atoms with E-state index in [1.54, 1.807) is 0 Å². The summed E-state index contributed by atoms with van der Waals surface area (Å²) in [5.41, 5.74) is 0.984. The second-order valence-electron chi connectivity index (χ2n) is 5.58. The third kappa shape index (κ3) is 3.70. The van der Waals surface area contributed by atoms with Gasteiger partial charge in [0, 0.05) is 0 Å². The Labute approximate surface area is 85.1 Å². The van der Waals surface area contributed by atoms with Crippen molar-refractivity contribution in [1.29, 1.82) is 0 Å². The molecule has 0 rings (SSSR count). The fourth-order valence-electron chi connectivity index (χ4n) is 1.63. The quantitative estimate of drug-likeness (QED) is 0.508. The summed E-state index contributed by atoms with van der Waals surface area (Å²) in [7, 11) is 0. The second-order valence-corrected chi connectivity index (χ2v) is 5.58. The van der Waals surface area contributed by atoms with Gasteiger partial charge in [0.05, 0.1) is 0 Å². The second kappa shape index (κ2) is 5.02. The summed E-state index contributed by atoms with van der Waals surface area (Å²) >= 11 is 0. The molecule has 0 fully saturated rings. The molecular formula is C13H28. The van der Waals surface area contributed by atoms with Crippen molar-refractivity contribution < 1.29 is 0 Å². The SMILES string of the molecule is CCCCCC(C)(C)C(C)(C)CC. The van der Waals surface area contributed by atoms with Crippen molar-refractivity contribution in [3.8, 4) is 0 Å². The lowest BCUT2D eigenvalue weighted by Crippen LogP contribution is -2.31. The molecule has 0 aliphatic heterocycles. The maximum absolute atomic E-state index is 2.42. The van der Waals surface area contributed by atoms with Crippen molar-refractivity contribution in [3.63, 3.8) is 0 Å². The van der Waals surface area contributed by atoms with Crippen molar-refractivity contribution >= 4 is 0 Å². The molecule has 0 saturated heterocycles. The summed E-state index contributed by atoms with van der Waals surface area (Å²) in [6.07, 6.45) is 6.78. The van der Waals surface area contributed by atoms with Crippen LogP contribution >= 0.6 is 0 Å². The average Bonchev–Trinajstić information content (AvgIpc) is 2.04. The molecule has 0 atom stereocenters. The van der Waals surface area contributed by atoms with E-state index in [2.05, 4.69) is 41.5 Å². The Hall–Kier alpha value is 0. The minimum atomic E-state index is 0.487. The topological polar surface area (TPSA) is 0 Å². The van der Waals surface area contributed by atoms with Gasteiger partial charge in [-0.2, -0.15) is 0 Å². The Kier molecular flexibility index (Phi) is 5.02. The Balaban J connectivity index is 4.06. The fraction of sp³-hybridized carbons (Fsp3) is 1.00. The van der Waals surface area contributed by atoms with Crippen molar-refractivity contribution in [2.45, 2.75) is 73.6 Å². The van der Waals surface area contributed by atoms with Crippen molar-refractivity contribution in [3.05, 3.63) is 0 Å². The molecule has 80 valence electrons. The van der Waals surface area contributed by atoms with E-state index in [9.17, 15) is 0 Å². The molecule has 0 heterocycles. The molecule has 0 heteroatoms. The highest BCUT2D eigenvalue weighted by Crippen LogP contribution is 2.44. The van der Waals surface area contributed by atoms with Crippen LogP contribution in [-0.2, 0) is 0 Å². The van der Waals surface area contributed by atoms with Gasteiger partial charge in [0.25, 0.3) is 0 Å². The van der Waals surface area contributed by atoms with E-state index in [4.69, 9.17) is 0 Å². The van der Waals surface area contributed by atoms with Crippen LogP contribution in [0.15, 0.2) is 0 Å². The summed E-state index contributed by atoms with van der Waals surface area (Å²) < 4.78 is 0. The summed E-state index contributed by atoms with van der Waals surface area (Å²) in [5, 5.41) is 0. The highest BCUT2D eigenvalue weighted by Gasteiger charge is 2.34. The first kappa shape index (κ1) is 13.0. The van der Waals surface area contributed by atoms with E-state index in [1.807, 2.05) is 0 Å². The summed E-state index contributed by atoms with van der Waals surface area (Å²) in [6, 6.07) is 0. The molecule has 0 aromatic rings. The number of unbranched alkanes of at least 4 members (excludes halogenated alkanes) is 2. The largest absolute Gasteiger partial charge is 0.0654 e. The number of rotatable bonds is 6. The Bertz CT molecular complexity index is 131. The van der Waals surface area contributed by atoms with E-state index in [0.29, 0.717) is 10.8 Å². The van der Waals surface area contributed by atoms with Gasteiger partial charge >= 0.3 is 0 Å². The highest BCUT2D eigenvalue weighted by atomic mass is 14.4. The third-order valence-electron chi connectivity index (χ3n) is 4.12. The summed E-state index contributed by atoms with van der Waals surface area (Å²) in [6.45, 7) is 14.2. The Morgan fingerprint density at radius 1 is 0.769 bits per heavy atom. The van der Waals surface area contributed by atoms with Crippen molar-refractivity contribution in [2.75, 3.05) is 0 Å². The fourth-order valence-corrected chi connectivity index (χ4v) is 1.63. The minimum absolute atomic E-state index is 0.487. The lowest BCUT2D eigenvalue weighted by Gasteiger charge is -2.41. The molecule has 0 radical (unpaired) electrons. The maximum Gasteiger partial charge on any atom is -0.0303 e. The molecule has 0 unspecified atom stereocenters. The van der Waals surface area contributed by atoms with Crippen LogP contribution in [0.5, 0.6) is 0 Å². The van der Waals surface area contributed by atoms with E-state index in [1.165, 1.54) is 32.1 Å². The van der Waals surface area contributed by atoms with E-state index < -0.39 is 0 Å². The van der Waals surface area contributed by atoms with E-state index in [-0.39, 0.29) is 0 Å². The van der Waals surface area contributed by atoms with Crippen LogP contribution in [0.2, 0.25) is 0 Å². The summed E-state index contributed by atoms with van der Waals surface area (Å²) in [5.74, 6) is 0. The number of hydrogen-bond acceptors (Lipinski definition) is 0. The monoisotopic (exact) mass is 184 g/mol. The molecule has 0 aromatic carbocycles. The van der Waals surface area contributed by atoms with Crippen LogP contribution in [0.4, 0.5) is 0 Å². The molecule has 0 N–H and O–H groups in total. The highest BCUT2D eigenvalue weighted by molar-refractivity contribution is 4.84. The molecule has 0 aliphatic carbocycles. The van der Waals surface area contributed by atoms with Gasteiger partial charge in [0.2, 0.25) is 0 Å². The minimum Gasteiger partial charge on any atom is -0.0654 e. The summed E-state index contributed by atoms with van der Waals surface area (Å²) in [4.78, 5) is 0. The van der Waals surface area contributed by atoms with Crippen LogP contribution in [0.1, 0.15) is 73.6 Å². The Morgan fingerprint density at radius 2 is 1.31 bits per heavy atom. The first-order chi connectivity index (χ1) is 5.87. The maximum atomic E-state index is 2.42. The van der Waals surface area contributed by atoms with Gasteiger partial charge in [-0.3, -0.25) is 0 Å². The van der Waals surface area contributed by atoms with Gasteiger partial charge in [0.1, 0.15) is 0 Å². The standard InChI is InChI=1S/C13H28/c1-7-9-10-11-13(5,6)12(3,4)8-2/h7-11H2,1-6H3. The van der Waals surface area contributed by atoms with E-state index >= 15 is 0 Å². The van der Waals surface area contributed by atoms with Gasteiger partial charge in [-0.15, -0.1) is 0 Å². The van der Waals surface area contributed by atoms with Gasteiger partial charge < -0.3 is 0 Å². The lowest BCUT2D eigenvalue weighted by atomic mass is 9.64. The molecule has 0 nitrogen and oxygen atoms in total. The van der Waals surface area contributed by atoms with Crippen LogP contribution in [0.25, 0.3) is 0 Å². The number of hydrogen-bond donors (Lipinski definition) is 0. The normalized spacial score (nSPS) is 13.4. The first-order valence-electron chi connectivity index (χ1n) is 5.87. The molecule has 0 bridgehead atoms. The average molecular weight is 184 g/mol. The van der Waals surface area contributed by atoms with Gasteiger partial charge in [0.15, 0.2) is 0 Å². The molecule has 0 saturated carbocycles. The molecule has 0 aromatic heterocycles. The van der Waals surface area contributed by atoms with Crippen molar-refractivity contribution in [1.82, 2.24) is 0 Å². The molecular weight excluding hydrogens is 156 g/mol. The van der Waals surface area contributed by atoms with Crippen LogP contribution in [-0.4, -0.2) is 0 Å².